The van der Waals surface area contributed by atoms with Crippen LogP contribution in [0.15, 0.2) is 30.5 Å². The normalized spacial score (nSPS) is 15.9. The van der Waals surface area contributed by atoms with Gasteiger partial charge < -0.3 is 14.5 Å². The number of amides is 1. The van der Waals surface area contributed by atoms with Gasteiger partial charge in [0.2, 0.25) is 0 Å². The van der Waals surface area contributed by atoms with Crippen molar-refractivity contribution in [3.05, 3.63) is 41.7 Å². The molecule has 2 aromatic rings. The van der Waals surface area contributed by atoms with Gasteiger partial charge in [0.1, 0.15) is 0 Å². The van der Waals surface area contributed by atoms with Crippen LogP contribution in [0.3, 0.4) is 0 Å². The van der Waals surface area contributed by atoms with Gasteiger partial charge in [0.25, 0.3) is 5.91 Å². The molecule has 0 unspecified atom stereocenters. The first-order chi connectivity index (χ1) is 11.3. The second-order valence-electron chi connectivity index (χ2n) is 6.46. The van der Waals surface area contributed by atoms with E-state index in [9.17, 15) is 4.79 Å². The summed E-state index contributed by atoms with van der Waals surface area (Å²) in [5, 5.41) is 3.15. The highest BCUT2D eigenvalue weighted by molar-refractivity contribution is 6.01. The molecule has 124 valence electrons. The summed E-state index contributed by atoms with van der Waals surface area (Å²) in [7, 11) is 1.70. The fraction of sp³-hybridized carbons (Fsp3) is 0.526. The molecule has 2 aromatic heterocycles. The Labute approximate surface area is 137 Å². The van der Waals surface area contributed by atoms with Crippen LogP contribution in [0.25, 0.3) is 5.52 Å². The first kappa shape index (κ1) is 16.1. The number of rotatable bonds is 6. The Morgan fingerprint density at radius 1 is 1.30 bits per heavy atom. The molecule has 0 bridgehead atoms. The summed E-state index contributed by atoms with van der Waals surface area (Å²) >= 11 is 0. The molecule has 3 rings (SSSR count). The van der Waals surface area contributed by atoms with E-state index in [4.69, 9.17) is 4.74 Å². The Balaban J connectivity index is 1.74. The molecule has 0 aromatic carbocycles. The number of ether oxygens (including phenoxy) is 1. The van der Waals surface area contributed by atoms with Crippen LogP contribution in [0, 0.1) is 5.92 Å². The molecular weight excluding hydrogens is 288 g/mol. The summed E-state index contributed by atoms with van der Waals surface area (Å²) in [6.07, 6.45) is 9.26. The largest absolute Gasteiger partial charge is 0.384 e. The number of carbonyl (C=O) groups is 1. The summed E-state index contributed by atoms with van der Waals surface area (Å²) in [4.78, 5) is 12.6. The number of hydrogen-bond donors (Lipinski definition) is 1. The lowest BCUT2D eigenvalue weighted by atomic mass is 9.89. The molecule has 1 aliphatic rings. The van der Waals surface area contributed by atoms with Crippen LogP contribution < -0.4 is 5.32 Å². The van der Waals surface area contributed by atoms with Crippen LogP contribution in [-0.4, -0.2) is 30.6 Å². The molecule has 0 saturated heterocycles. The fourth-order valence-electron chi connectivity index (χ4n) is 3.53. The predicted octanol–water partition coefficient (Wildman–Crippen LogP) is 3.44. The third-order valence-corrected chi connectivity index (χ3v) is 4.84. The Hall–Kier alpha value is -1.81. The maximum atomic E-state index is 12.6. The van der Waals surface area contributed by atoms with E-state index < -0.39 is 0 Å². The lowest BCUT2D eigenvalue weighted by Crippen LogP contribution is -2.30. The van der Waals surface area contributed by atoms with Crippen LogP contribution in [0.4, 0.5) is 0 Å². The maximum absolute atomic E-state index is 12.6. The standard InChI is InChI=1S/C19H26N2O2/c1-23-12-10-16-13-17(18-9-5-6-11-21(16)18)19(22)20-14-15-7-3-2-4-8-15/h5-6,9,11,13,15H,2-4,7-8,10,12,14H2,1H3,(H,20,22). The predicted molar refractivity (Wildman–Crippen MR) is 91.9 cm³/mol. The van der Waals surface area contributed by atoms with Crippen molar-refractivity contribution in [2.75, 3.05) is 20.3 Å². The fourth-order valence-corrected chi connectivity index (χ4v) is 3.53. The monoisotopic (exact) mass is 314 g/mol. The minimum absolute atomic E-state index is 0.0444. The highest BCUT2D eigenvalue weighted by Crippen LogP contribution is 2.23. The van der Waals surface area contributed by atoms with Crippen molar-refractivity contribution in [3.63, 3.8) is 0 Å². The van der Waals surface area contributed by atoms with Gasteiger partial charge in [0, 0.05) is 32.0 Å². The summed E-state index contributed by atoms with van der Waals surface area (Å²) in [5.74, 6) is 0.692. The zero-order chi connectivity index (χ0) is 16.1. The Morgan fingerprint density at radius 2 is 2.13 bits per heavy atom. The number of fused-ring (bicyclic) bond motifs is 1. The quantitative estimate of drug-likeness (QED) is 0.887. The minimum Gasteiger partial charge on any atom is -0.384 e. The summed E-state index contributed by atoms with van der Waals surface area (Å²) in [6.45, 7) is 1.46. The third-order valence-electron chi connectivity index (χ3n) is 4.84. The number of hydrogen-bond acceptors (Lipinski definition) is 2. The smallest absolute Gasteiger partial charge is 0.253 e. The van der Waals surface area contributed by atoms with Gasteiger partial charge in [-0.2, -0.15) is 0 Å². The number of nitrogens with zero attached hydrogens (tertiary/aromatic N) is 1. The highest BCUT2D eigenvalue weighted by atomic mass is 16.5. The average molecular weight is 314 g/mol. The molecule has 2 heterocycles. The van der Waals surface area contributed by atoms with Crippen LogP contribution in [-0.2, 0) is 11.2 Å². The highest BCUT2D eigenvalue weighted by Gasteiger charge is 2.18. The van der Waals surface area contributed by atoms with Gasteiger partial charge in [-0.3, -0.25) is 4.79 Å². The zero-order valence-electron chi connectivity index (χ0n) is 13.9. The van der Waals surface area contributed by atoms with Gasteiger partial charge in [-0.05, 0) is 37.0 Å². The lowest BCUT2D eigenvalue weighted by molar-refractivity contribution is 0.0945. The van der Waals surface area contributed by atoms with Crippen molar-refractivity contribution in [3.8, 4) is 0 Å². The van der Waals surface area contributed by atoms with Gasteiger partial charge >= 0.3 is 0 Å². The molecule has 0 aliphatic heterocycles. The van der Waals surface area contributed by atoms with E-state index in [1.54, 1.807) is 7.11 Å². The van der Waals surface area contributed by atoms with Gasteiger partial charge in [-0.15, -0.1) is 0 Å². The van der Waals surface area contributed by atoms with Crippen molar-refractivity contribution < 1.29 is 9.53 Å². The molecule has 0 radical (unpaired) electrons. The van der Waals surface area contributed by atoms with Gasteiger partial charge in [-0.25, -0.2) is 0 Å². The van der Waals surface area contributed by atoms with Crippen LogP contribution in [0.5, 0.6) is 0 Å². The van der Waals surface area contributed by atoms with Crippen LogP contribution >= 0.6 is 0 Å². The first-order valence-electron chi connectivity index (χ1n) is 8.65. The third kappa shape index (κ3) is 3.75. The van der Waals surface area contributed by atoms with Crippen LogP contribution in [0.1, 0.15) is 48.2 Å². The summed E-state index contributed by atoms with van der Waals surface area (Å²) in [6, 6.07) is 7.98. The van der Waals surface area contributed by atoms with Crippen molar-refractivity contribution in [2.45, 2.75) is 38.5 Å². The van der Waals surface area contributed by atoms with E-state index >= 15 is 0 Å². The molecule has 1 N–H and O–H groups in total. The van der Waals surface area contributed by atoms with Crippen molar-refractivity contribution in [1.82, 2.24) is 9.72 Å². The number of nitrogens with one attached hydrogen (secondary N) is 1. The Morgan fingerprint density at radius 3 is 2.91 bits per heavy atom. The van der Waals surface area contributed by atoms with Crippen molar-refractivity contribution in [2.24, 2.45) is 5.92 Å². The van der Waals surface area contributed by atoms with Crippen molar-refractivity contribution in [1.29, 1.82) is 0 Å². The summed E-state index contributed by atoms with van der Waals surface area (Å²) in [5.41, 5.74) is 2.86. The molecular formula is C19H26N2O2. The summed E-state index contributed by atoms with van der Waals surface area (Å²) < 4.78 is 7.27. The van der Waals surface area contributed by atoms with Crippen LogP contribution in [0.2, 0.25) is 0 Å². The van der Waals surface area contributed by atoms with Gasteiger partial charge in [0.15, 0.2) is 0 Å². The maximum Gasteiger partial charge on any atom is 0.253 e. The number of carbonyl (C=O) groups excluding carboxylic acids is 1. The van der Waals surface area contributed by atoms with E-state index in [-0.39, 0.29) is 5.91 Å². The minimum atomic E-state index is 0.0444. The first-order valence-corrected chi connectivity index (χ1v) is 8.65. The molecule has 23 heavy (non-hydrogen) atoms. The number of aromatic nitrogens is 1. The average Bonchev–Trinajstić information content (AvgIpc) is 2.98. The molecule has 4 nitrogen and oxygen atoms in total. The SMILES string of the molecule is COCCc1cc(C(=O)NCC2CCCCC2)c2ccccn12. The van der Waals surface area contributed by atoms with Crippen molar-refractivity contribution >= 4 is 11.4 Å². The number of methoxy groups -OCH3 is 1. The zero-order valence-corrected chi connectivity index (χ0v) is 13.9. The van der Waals surface area contributed by atoms with Gasteiger partial charge in [-0.1, -0.05) is 25.3 Å². The molecule has 1 fully saturated rings. The molecule has 4 heteroatoms. The van der Waals surface area contributed by atoms with E-state index in [0.717, 1.165) is 29.7 Å². The van der Waals surface area contributed by atoms with E-state index in [1.165, 1.54) is 32.1 Å². The molecule has 0 atom stereocenters. The number of pyridine rings is 1. The topological polar surface area (TPSA) is 42.7 Å². The second kappa shape index (κ2) is 7.64. The second-order valence-corrected chi connectivity index (χ2v) is 6.46. The molecule has 1 aliphatic carbocycles. The van der Waals surface area contributed by atoms with Gasteiger partial charge in [0.05, 0.1) is 17.7 Å². The lowest BCUT2D eigenvalue weighted by Gasteiger charge is -2.21. The van der Waals surface area contributed by atoms with E-state index in [1.807, 2.05) is 30.5 Å². The Kier molecular flexibility index (Phi) is 5.34. The molecule has 1 amide bonds. The molecule has 0 spiro atoms. The Bertz CT molecular complexity index is 656. The van der Waals surface area contributed by atoms with E-state index in [2.05, 4.69) is 9.72 Å². The molecule has 1 saturated carbocycles. The van der Waals surface area contributed by atoms with E-state index in [0.29, 0.717) is 12.5 Å².